The fraction of sp³-hybridized carbons (Fsp3) is 0.500. The molecule has 1 aromatic heterocycles. The first-order chi connectivity index (χ1) is 6.09. The molecule has 1 aromatic rings. The van der Waals surface area contributed by atoms with Crippen molar-refractivity contribution >= 4 is 0 Å². The predicted octanol–water partition coefficient (Wildman–Crippen LogP) is 1.55. The lowest BCUT2D eigenvalue weighted by atomic mass is 10.6. The molecular formula is C6H5F4N2O. The quantitative estimate of drug-likeness (QED) is 0.684. The highest BCUT2D eigenvalue weighted by molar-refractivity contribution is 5.06. The molecule has 0 aliphatic carbocycles. The molecule has 13 heavy (non-hydrogen) atoms. The molecule has 0 atom stereocenters. The minimum absolute atomic E-state index is 0.421. The van der Waals surface area contributed by atoms with E-state index in [0.29, 0.717) is 4.68 Å². The second kappa shape index (κ2) is 4.11. The number of hydrogen-bond donors (Lipinski definition) is 0. The molecule has 1 heterocycles. The Morgan fingerprint density at radius 3 is 2.69 bits per heavy atom. The van der Waals surface area contributed by atoms with Gasteiger partial charge in [-0.05, 0) is 0 Å². The Hall–Kier alpha value is -1.27. The molecule has 0 saturated carbocycles. The van der Waals surface area contributed by atoms with Crippen LogP contribution in [0.15, 0.2) is 6.07 Å². The van der Waals surface area contributed by atoms with Gasteiger partial charge >= 0.3 is 6.61 Å². The fourth-order valence-electron chi connectivity index (χ4n) is 0.725. The Morgan fingerprint density at radius 1 is 1.46 bits per heavy atom. The molecule has 73 valence electrons. The minimum atomic E-state index is -3.05. The van der Waals surface area contributed by atoms with Crippen molar-refractivity contribution in [2.75, 3.05) is 0 Å². The average molecular weight is 197 g/mol. The van der Waals surface area contributed by atoms with E-state index in [1.54, 1.807) is 0 Å². The predicted molar refractivity (Wildman–Crippen MR) is 33.7 cm³/mol. The van der Waals surface area contributed by atoms with Crippen molar-refractivity contribution in [2.24, 2.45) is 0 Å². The summed E-state index contributed by atoms with van der Waals surface area (Å²) in [7, 11) is 0. The van der Waals surface area contributed by atoms with Crippen LogP contribution in [0.2, 0.25) is 0 Å². The summed E-state index contributed by atoms with van der Waals surface area (Å²) >= 11 is 0. The van der Waals surface area contributed by atoms with Crippen LogP contribution in [0.5, 0.6) is 5.88 Å². The summed E-state index contributed by atoms with van der Waals surface area (Å²) in [6.07, 6.45) is -0.542. The minimum Gasteiger partial charge on any atom is -0.417 e. The molecule has 0 spiro atoms. The first-order valence-electron chi connectivity index (χ1n) is 3.26. The lowest BCUT2D eigenvalue weighted by molar-refractivity contribution is -0.0573. The number of hydrogen-bond acceptors (Lipinski definition) is 2. The van der Waals surface area contributed by atoms with Gasteiger partial charge in [-0.25, -0.2) is 13.5 Å². The number of aromatic nitrogens is 2. The lowest BCUT2D eigenvalue weighted by Gasteiger charge is -2.06. The zero-order valence-electron chi connectivity index (χ0n) is 6.25. The summed E-state index contributed by atoms with van der Waals surface area (Å²) in [4.78, 5) is 0. The summed E-state index contributed by atoms with van der Waals surface area (Å²) < 4.78 is 51.4. The molecule has 0 fully saturated rings. The van der Waals surface area contributed by atoms with Crippen molar-refractivity contribution in [2.45, 2.75) is 19.6 Å². The molecule has 0 aromatic carbocycles. The molecule has 0 saturated heterocycles. The van der Waals surface area contributed by atoms with E-state index >= 15 is 0 Å². The Balaban J connectivity index is 2.65. The van der Waals surface area contributed by atoms with Gasteiger partial charge in [0, 0.05) is 6.07 Å². The normalized spacial score (nSPS) is 11.2. The zero-order chi connectivity index (χ0) is 9.84. The average Bonchev–Trinajstić information content (AvgIpc) is 2.34. The summed E-state index contributed by atoms with van der Waals surface area (Å²) in [5.74, 6) is -0.421. The number of halogens is 4. The van der Waals surface area contributed by atoms with Crippen LogP contribution in [0.3, 0.4) is 0 Å². The standard InChI is InChI=1S/C6H5F4N2O/c7-4(8)3-12-5(1-2-11-12)13-6(9)10/h1,4,6H,3H2. The van der Waals surface area contributed by atoms with Gasteiger partial charge in [-0.15, -0.1) is 0 Å². The van der Waals surface area contributed by atoms with Crippen molar-refractivity contribution < 1.29 is 22.3 Å². The summed E-state index contributed by atoms with van der Waals surface area (Å²) in [5, 5.41) is 3.26. The maximum atomic E-state index is 11.8. The molecular weight excluding hydrogens is 192 g/mol. The van der Waals surface area contributed by atoms with E-state index in [4.69, 9.17) is 0 Å². The third-order valence-electron chi connectivity index (χ3n) is 1.14. The van der Waals surface area contributed by atoms with Crippen LogP contribution in [0, 0.1) is 6.20 Å². The molecule has 0 bridgehead atoms. The third-order valence-corrected chi connectivity index (χ3v) is 1.14. The first-order valence-corrected chi connectivity index (χ1v) is 3.26. The number of rotatable bonds is 4. The summed E-state index contributed by atoms with van der Waals surface area (Å²) in [6, 6.07) is 0.967. The summed E-state index contributed by atoms with van der Waals surface area (Å²) in [5.41, 5.74) is 0. The van der Waals surface area contributed by atoms with Crippen molar-refractivity contribution in [1.29, 1.82) is 0 Å². The molecule has 0 aliphatic heterocycles. The molecule has 0 unspecified atom stereocenters. The molecule has 0 N–H and O–H groups in total. The lowest BCUT2D eigenvalue weighted by Crippen LogP contribution is -2.12. The Bertz CT molecular complexity index is 238. The van der Waals surface area contributed by atoms with Gasteiger partial charge in [0.1, 0.15) is 12.7 Å². The molecule has 7 heteroatoms. The van der Waals surface area contributed by atoms with Gasteiger partial charge in [-0.1, -0.05) is 0 Å². The van der Waals surface area contributed by atoms with Gasteiger partial charge in [0.15, 0.2) is 0 Å². The monoisotopic (exact) mass is 197 g/mol. The van der Waals surface area contributed by atoms with E-state index in [-0.39, 0.29) is 0 Å². The first kappa shape index (κ1) is 9.82. The molecule has 0 aliphatic rings. The van der Waals surface area contributed by atoms with Gasteiger partial charge in [-0.2, -0.15) is 13.9 Å². The van der Waals surface area contributed by atoms with Gasteiger partial charge in [-0.3, -0.25) is 0 Å². The maximum Gasteiger partial charge on any atom is 0.388 e. The SMILES string of the molecule is FC(F)Cn1n[c]cc1OC(F)F. The van der Waals surface area contributed by atoms with E-state index in [2.05, 4.69) is 16.0 Å². The van der Waals surface area contributed by atoms with E-state index in [1.165, 1.54) is 0 Å². The van der Waals surface area contributed by atoms with E-state index in [0.717, 1.165) is 6.07 Å². The van der Waals surface area contributed by atoms with Gasteiger partial charge < -0.3 is 4.74 Å². The highest BCUT2D eigenvalue weighted by atomic mass is 19.3. The van der Waals surface area contributed by atoms with Crippen LogP contribution < -0.4 is 4.74 Å². The second-order valence-electron chi connectivity index (χ2n) is 2.06. The second-order valence-corrected chi connectivity index (χ2v) is 2.06. The Morgan fingerprint density at radius 2 is 2.15 bits per heavy atom. The molecule has 3 nitrogen and oxygen atoms in total. The van der Waals surface area contributed by atoms with Crippen LogP contribution in [0.25, 0.3) is 0 Å². The fourth-order valence-corrected chi connectivity index (χ4v) is 0.725. The highest BCUT2D eigenvalue weighted by Crippen LogP contribution is 2.13. The molecule has 1 rings (SSSR count). The van der Waals surface area contributed by atoms with Crippen LogP contribution in [-0.2, 0) is 6.54 Å². The molecule has 1 radical (unpaired) electrons. The van der Waals surface area contributed by atoms with Gasteiger partial charge in [0.05, 0.1) is 0 Å². The van der Waals surface area contributed by atoms with Crippen molar-refractivity contribution in [3.8, 4) is 5.88 Å². The van der Waals surface area contributed by atoms with Gasteiger partial charge in [0.2, 0.25) is 5.88 Å². The van der Waals surface area contributed by atoms with E-state index < -0.39 is 25.5 Å². The van der Waals surface area contributed by atoms with E-state index in [1.807, 2.05) is 0 Å². The van der Waals surface area contributed by atoms with Gasteiger partial charge in [0.25, 0.3) is 6.43 Å². The van der Waals surface area contributed by atoms with Crippen LogP contribution in [-0.4, -0.2) is 22.8 Å². The Kier molecular flexibility index (Phi) is 3.10. The number of nitrogens with zero attached hydrogens (tertiary/aromatic N) is 2. The number of ether oxygens (including phenoxy) is 1. The van der Waals surface area contributed by atoms with Crippen LogP contribution in [0.4, 0.5) is 17.6 Å². The highest BCUT2D eigenvalue weighted by Gasteiger charge is 2.13. The molecule has 0 amide bonds. The number of alkyl halides is 4. The van der Waals surface area contributed by atoms with Crippen molar-refractivity contribution in [1.82, 2.24) is 9.78 Å². The summed E-state index contributed by atoms with van der Waals surface area (Å²) in [6.45, 7) is -3.84. The maximum absolute atomic E-state index is 11.8. The van der Waals surface area contributed by atoms with Crippen LogP contribution >= 0.6 is 0 Å². The van der Waals surface area contributed by atoms with E-state index in [9.17, 15) is 17.6 Å². The topological polar surface area (TPSA) is 27.1 Å². The van der Waals surface area contributed by atoms with Crippen molar-refractivity contribution in [3.05, 3.63) is 12.3 Å². The Labute approximate surface area is 70.9 Å². The third kappa shape index (κ3) is 2.92. The van der Waals surface area contributed by atoms with Crippen molar-refractivity contribution in [3.63, 3.8) is 0 Å². The largest absolute Gasteiger partial charge is 0.417 e. The zero-order valence-corrected chi connectivity index (χ0v) is 6.25. The smallest absolute Gasteiger partial charge is 0.388 e. The van der Waals surface area contributed by atoms with Crippen LogP contribution in [0.1, 0.15) is 0 Å².